The summed E-state index contributed by atoms with van der Waals surface area (Å²) in [5, 5.41) is 0. The zero-order valence-electron chi connectivity index (χ0n) is 25.3. The highest BCUT2D eigenvalue weighted by molar-refractivity contribution is 9.12. The Bertz CT molecular complexity index is 1400. The van der Waals surface area contributed by atoms with E-state index in [1.54, 1.807) is 31.0 Å². The number of aldehydes is 1. The Kier molecular flexibility index (Phi) is 18.8. The fourth-order valence-electron chi connectivity index (χ4n) is 3.06. The number of terminal acetylenes is 1. The van der Waals surface area contributed by atoms with Gasteiger partial charge in [0.1, 0.15) is 22.5 Å². The fourth-order valence-corrected chi connectivity index (χ4v) is 4.47. The average molecular weight is 777 g/mol. The van der Waals surface area contributed by atoms with Gasteiger partial charge in [-0.3, -0.25) is 24.8 Å². The van der Waals surface area contributed by atoms with E-state index in [0.717, 1.165) is 70.8 Å². The monoisotopic (exact) mass is 774 g/mol. The van der Waals surface area contributed by atoms with Crippen molar-refractivity contribution in [3.8, 4) is 12.3 Å². The summed E-state index contributed by atoms with van der Waals surface area (Å²) in [6, 6.07) is 0. The summed E-state index contributed by atoms with van der Waals surface area (Å²) in [4.78, 5) is 39.6. The minimum Gasteiger partial charge on any atom is -0.349 e. The van der Waals surface area contributed by atoms with Crippen molar-refractivity contribution in [2.24, 2.45) is 20.0 Å². The Hall–Kier alpha value is -3.27. The molecule has 2 aromatic heterocycles. The molecule has 0 aliphatic carbocycles. The standard InChI is InChI=1S/C7H7N.C6H7NO.2C5H6BrN.C4H5BrN2.C4H6N2/c1-3-7-4-6(2)8-5-7;1-5-2-6(4-8)3-7-5;2*1-4-2-5(6)3-7-4;1-3-6-2-4(5)7-3;1-4-5-2-3-6-4/h1,5H,4H2,2H3;3-4H,2H2,1H3;2*3H,2H2,1H3;2H,1H3,(H,6,7);2-3H,1H3,(H,5,6). The van der Waals surface area contributed by atoms with Crippen molar-refractivity contribution in [3.63, 3.8) is 0 Å². The number of aromatic nitrogens is 4. The Balaban J connectivity index is 0.000000259. The maximum absolute atomic E-state index is 10.0. The number of aromatic amines is 2. The molecule has 0 radical (unpaired) electrons. The van der Waals surface area contributed by atoms with Crippen LogP contribution in [0.2, 0.25) is 0 Å². The van der Waals surface area contributed by atoms with Gasteiger partial charge in [0, 0.05) is 106 Å². The largest absolute Gasteiger partial charge is 0.349 e. The number of aryl methyl sites for hydroxylation is 2. The number of carbonyl (C=O) groups excluding carboxylic acids is 1. The average Bonchev–Trinajstić information content (AvgIpc) is 3.82. The van der Waals surface area contributed by atoms with Gasteiger partial charge in [0.15, 0.2) is 0 Å². The first-order valence-electron chi connectivity index (χ1n) is 13.2. The molecule has 0 amide bonds. The summed E-state index contributed by atoms with van der Waals surface area (Å²) >= 11 is 9.86. The van der Waals surface area contributed by atoms with Crippen molar-refractivity contribution < 1.29 is 4.79 Å². The maximum atomic E-state index is 10.0. The molecule has 0 spiro atoms. The highest BCUT2D eigenvalue weighted by atomic mass is 79.9. The smallest absolute Gasteiger partial charge is 0.147 e. The summed E-state index contributed by atoms with van der Waals surface area (Å²) in [6.07, 6.45) is 21.9. The van der Waals surface area contributed by atoms with Crippen LogP contribution in [0.25, 0.3) is 0 Å². The molecule has 4 aliphatic heterocycles. The molecule has 0 atom stereocenters. The Morgan fingerprint density at radius 3 is 1.44 bits per heavy atom. The second-order valence-corrected chi connectivity index (χ2v) is 12.3. The highest BCUT2D eigenvalue weighted by Crippen LogP contribution is 2.17. The summed E-state index contributed by atoms with van der Waals surface area (Å²) < 4.78 is 3.31. The molecular weight excluding hydrogens is 740 g/mol. The van der Waals surface area contributed by atoms with Crippen molar-refractivity contribution in [3.05, 3.63) is 79.8 Å². The van der Waals surface area contributed by atoms with Crippen LogP contribution in [0.4, 0.5) is 0 Å². The number of nitrogens with one attached hydrogen (secondary N) is 2. The molecule has 0 fully saturated rings. The maximum Gasteiger partial charge on any atom is 0.147 e. The summed E-state index contributed by atoms with van der Waals surface area (Å²) in [7, 11) is 0. The molecule has 2 aromatic rings. The molecule has 43 heavy (non-hydrogen) atoms. The van der Waals surface area contributed by atoms with E-state index in [-0.39, 0.29) is 0 Å². The van der Waals surface area contributed by atoms with Crippen LogP contribution in [-0.2, 0) is 4.79 Å². The van der Waals surface area contributed by atoms with E-state index < -0.39 is 0 Å². The van der Waals surface area contributed by atoms with Crippen LogP contribution >= 0.6 is 47.8 Å². The zero-order chi connectivity index (χ0) is 32.2. The molecule has 12 heteroatoms. The number of carbonyl (C=O) groups is 1. The molecule has 9 nitrogen and oxygen atoms in total. The second-order valence-electron chi connectivity index (χ2n) is 9.43. The van der Waals surface area contributed by atoms with Crippen molar-refractivity contribution in [2.45, 2.75) is 67.2 Å². The van der Waals surface area contributed by atoms with E-state index in [2.05, 4.69) is 93.6 Å². The quantitative estimate of drug-likeness (QED) is 0.223. The van der Waals surface area contributed by atoms with Gasteiger partial charge in [0.05, 0.1) is 6.20 Å². The van der Waals surface area contributed by atoms with Crippen LogP contribution in [0.15, 0.2) is 88.1 Å². The third kappa shape index (κ3) is 18.8. The Morgan fingerprint density at radius 2 is 1.28 bits per heavy atom. The molecule has 2 N–H and O–H groups in total. The van der Waals surface area contributed by atoms with E-state index in [4.69, 9.17) is 6.42 Å². The summed E-state index contributed by atoms with van der Waals surface area (Å²) in [5.41, 5.74) is 6.27. The number of imidazole rings is 2. The normalized spacial score (nSPS) is 15.4. The van der Waals surface area contributed by atoms with E-state index >= 15 is 0 Å². The number of hydrogen-bond donors (Lipinski definition) is 2. The lowest BCUT2D eigenvalue weighted by Gasteiger charge is -1.83. The van der Waals surface area contributed by atoms with Crippen LogP contribution < -0.4 is 0 Å². The number of aliphatic imine (C=N–C) groups is 4. The molecule has 0 saturated carbocycles. The lowest BCUT2D eigenvalue weighted by atomic mass is 10.2. The zero-order valence-corrected chi connectivity index (χ0v) is 30.0. The number of halogens is 3. The fraction of sp³-hybridized carbons (Fsp3) is 0.323. The number of rotatable bonds is 1. The SMILES string of the molecule is C#CC1=CN=C(C)C1.CC1=NC=C(Br)C1.CC1=NC=C(Br)C1.CC1=NC=C(C=O)C1.Cc1ncc(Br)[nH]1.Cc1ncc[nH]1. The van der Waals surface area contributed by atoms with Gasteiger partial charge in [-0.1, -0.05) is 37.8 Å². The predicted molar refractivity (Wildman–Crippen MR) is 190 cm³/mol. The first-order valence-corrected chi connectivity index (χ1v) is 15.5. The topological polar surface area (TPSA) is 124 Å². The molecule has 4 aliphatic rings. The third-order valence-corrected chi connectivity index (χ3v) is 6.51. The highest BCUT2D eigenvalue weighted by Gasteiger charge is 2.03. The van der Waals surface area contributed by atoms with Gasteiger partial charge in [-0.05, 0) is 57.5 Å². The predicted octanol–water partition coefficient (Wildman–Crippen LogP) is 8.68. The van der Waals surface area contributed by atoms with Crippen LogP contribution in [-0.4, -0.2) is 49.1 Å². The molecule has 0 unspecified atom stereocenters. The minimum atomic E-state index is 0.740. The molecule has 228 valence electrons. The van der Waals surface area contributed by atoms with Crippen LogP contribution in [0, 0.1) is 26.2 Å². The molecular formula is C31H37Br3N8O. The Labute approximate surface area is 279 Å². The van der Waals surface area contributed by atoms with Gasteiger partial charge in [0.25, 0.3) is 0 Å². The molecule has 6 rings (SSSR count). The van der Waals surface area contributed by atoms with Crippen LogP contribution in [0.3, 0.4) is 0 Å². The third-order valence-electron chi connectivity index (χ3n) is 5.14. The lowest BCUT2D eigenvalue weighted by Crippen LogP contribution is -1.86. The van der Waals surface area contributed by atoms with Crippen molar-refractivity contribution in [1.29, 1.82) is 0 Å². The van der Waals surface area contributed by atoms with Gasteiger partial charge < -0.3 is 9.97 Å². The lowest BCUT2D eigenvalue weighted by molar-refractivity contribution is -0.104. The van der Waals surface area contributed by atoms with E-state index in [0.29, 0.717) is 0 Å². The second kappa shape index (κ2) is 21.4. The first-order chi connectivity index (χ1) is 20.4. The number of H-pyrrole nitrogens is 2. The molecule has 0 saturated heterocycles. The number of hydrogen-bond acceptors (Lipinski definition) is 7. The van der Waals surface area contributed by atoms with E-state index in [1.807, 2.05) is 53.9 Å². The van der Waals surface area contributed by atoms with Gasteiger partial charge in [-0.15, -0.1) is 6.42 Å². The summed E-state index contributed by atoms with van der Waals surface area (Å²) in [6.45, 7) is 11.7. The van der Waals surface area contributed by atoms with E-state index in [9.17, 15) is 4.79 Å². The Morgan fingerprint density at radius 1 is 0.744 bits per heavy atom. The van der Waals surface area contributed by atoms with Gasteiger partial charge >= 0.3 is 0 Å². The van der Waals surface area contributed by atoms with Gasteiger partial charge in [-0.25, -0.2) is 9.97 Å². The van der Waals surface area contributed by atoms with E-state index in [1.165, 1.54) is 20.4 Å². The summed E-state index contributed by atoms with van der Waals surface area (Å²) in [5.74, 6) is 4.45. The minimum absolute atomic E-state index is 0.740. The van der Waals surface area contributed by atoms with Gasteiger partial charge in [0.2, 0.25) is 0 Å². The first kappa shape index (κ1) is 37.8. The molecule has 6 heterocycles. The van der Waals surface area contributed by atoms with Crippen LogP contribution in [0.1, 0.15) is 65.0 Å². The van der Waals surface area contributed by atoms with Crippen molar-refractivity contribution >= 4 is 76.9 Å². The number of allylic oxidation sites excluding steroid dienone is 4. The van der Waals surface area contributed by atoms with Crippen LogP contribution in [0.5, 0.6) is 0 Å². The molecule has 0 bridgehead atoms. The van der Waals surface area contributed by atoms with Crippen molar-refractivity contribution in [2.75, 3.05) is 0 Å². The number of nitrogens with zero attached hydrogens (tertiary/aromatic N) is 6. The molecule has 0 aromatic carbocycles. The van der Waals surface area contributed by atoms with Gasteiger partial charge in [-0.2, -0.15) is 0 Å². The van der Waals surface area contributed by atoms with Crippen molar-refractivity contribution in [1.82, 2.24) is 19.9 Å².